The second-order valence-corrected chi connectivity index (χ2v) is 15.5. The lowest BCUT2D eigenvalue weighted by Gasteiger charge is -2.30. The van der Waals surface area contributed by atoms with Crippen LogP contribution in [0, 0.1) is 5.92 Å². The number of aromatic nitrogens is 4. The zero-order chi connectivity index (χ0) is 32.5. The van der Waals surface area contributed by atoms with E-state index in [2.05, 4.69) is 37.5 Å². The molecule has 238 valence electrons. The van der Waals surface area contributed by atoms with Gasteiger partial charge in [-0.05, 0) is 64.5 Å². The molecule has 2 heterocycles. The fraction of sp³-hybridized carbons (Fsp3) is 0.500. The third-order valence-electron chi connectivity index (χ3n) is 6.57. The summed E-state index contributed by atoms with van der Waals surface area (Å²) in [6.45, 7) is 14.0. The van der Waals surface area contributed by atoms with Crippen molar-refractivity contribution in [1.82, 2.24) is 19.5 Å². The lowest BCUT2D eigenvalue weighted by molar-refractivity contribution is -0.0244. The minimum atomic E-state index is -4.03. The zero-order valence-corrected chi connectivity index (χ0v) is 28.6. The molecule has 4 rings (SSSR count). The summed E-state index contributed by atoms with van der Waals surface area (Å²) in [5.74, 6) is -0.354. The van der Waals surface area contributed by atoms with Gasteiger partial charge >= 0.3 is 7.60 Å². The number of hydrogen-bond donors (Lipinski definition) is 3. The van der Waals surface area contributed by atoms with Crippen LogP contribution in [0.25, 0.3) is 11.2 Å². The highest BCUT2D eigenvalue weighted by Crippen LogP contribution is 2.51. The van der Waals surface area contributed by atoms with Crippen LogP contribution in [-0.4, -0.2) is 68.4 Å². The molecule has 4 N–H and O–H groups in total. The summed E-state index contributed by atoms with van der Waals surface area (Å²) in [7, 11) is -7.70. The molecule has 0 radical (unpaired) electrons. The lowest BCUT2D eigenvalue weighted by atomic mass is 9.91. The van der Waals surface area contributed by atoms with Crippen molar-refractivity contribution in [2.24, 2.45) is 5.92 Å². The zero-order valence-electron chi connectivity index (χ0n) is 24.5. The Kier molecular flexibility index (Phi) is 11.2. The summed E-state index contributed by atoms with van der Waals surface area (Å²) < 4.78 is 54.4. The largest absolute Gasteiger partial charge is 0.388 e. The van der Waals surface area contributed by atoms with Gasteiger partial charge in [0.2, 0.25) is 5.95 Å². The van der Waals surface area contributed by atoms with E-state index in [1.807, 2.05) is 0 Å². The predicted molar refractivity (Wildman–Crippen MR) is 166 cm³/mol. The van der Waals surface area contributed by atoms with Crippen LogP contribution in [0.2, 0.25) is 5.15 Å². The molecular formula is C26H36BrClN5O8PS. The first-order valence-electron chi connectivity index (χ1n) is 13.1. The highest BCUT2D eigenvalue weighted by atomic mass is 79.9. The molecule has 2 aromatic heterocycles. The van der Waals surface area contributed by atoms with E-state index < -0.39 is 41.8 Å². The fourth-order valence-corrected chi connectivity index (χ4v) is 8.12. The van der Waals surface area contributed by atoms with E-state index in [9.17, 15) is 23.2 Å². The lowest BCUT2D eigenvalue weighted by Crippen LogP contribution is -2.37. The van der Waals surface area contributed by atoms with Crippen LogP contribution in [0.1, 0.15) is 47.6 Å². The summed E-state index contributed by atoms with van der Waals surface area (Å²) in [6, 6.07) is 5.35. The Morgan fingerprint density at radius 3 is 2.23 bits per heavy atom. The summed E-state index contributed by atoms with van der Waals surface area (Å²) >= 11 is 9.22. The number of imidazole rings is 1. The molecule has 4 atom stereocenters. The van der Waals surface area contributed by atoms with Crippen molar-refractivity contribution in [1.29, 1.82) is 0 Å². The third kappa shape index (κ3) is 8.21. The Labute approximate surface area is 264 Å². The molecule has 0 unspecified atom stereocenters. The van der Waals surface area contributed by atoms with Crippen LogP contribution in [0.4, 0.5) is 5.95 Å². The number of aliphatic hydroxyl groups is 2. The van der Waals surface area contributed by atoms with Crippen molar-refractivity contribution < 1.29 is 36.4 Å². The molecular weight excluding hydrogens is 689 g/mol. The Balaban J connectivity index is 0.000000235. The van der Waals surface area contributed by atoms with Crippen LogP contribution in [-0.2, 0) is 27.9 Å². The van der Waals surface area contributed by atoms with E-state index >= 15 is 0 Å². The van der Waals surface area contributed by atoms with E-state index in [1.54, 1.807) is 58.2 Å². The van der Waals surface area contributed by atoms with Crippen molar-refractivity contribution in [2.75, 3.05) is 12.1 Å². The van der Waals surface area contributed by atoms with Gasteiger partial charge < -0.3 is 29.6 Å². The molecule has 3 aromatic rings. The molecule has 13 nitrogen and oxygen atoms in total. The van der Waals surface area contributed by atoms with Crippen LogP contribution in [0.15, 0.2) is 52.1 Å². The Hall–Kier alpha value is -1.94. The average Bonchev–Trinajstić information content (AvgIpc) is 3.35. The maximum absolute atomic E-state index is 12.5. The molecule has 1 aliphatic rings. The van der Waals surface area contributed by atoms with Crippen LogP contribution >= 0.6 is 35.1 Å². The normalized spacial score (nSPS) is 22.8. The number of benzene rings is 1. The molecule has 0 saturated heterocycles. The fourth-order valence-electron chi connectivity index (χ4n) is 4.51. The minimum absolute atomic E-state index is 0.0195. The second kappa shape index (κ2) is 13.6. The number of rotatable bonds is 9. The van der Waals surface area contributed by atoms with Crippen molar-refractivity contribution in [3.8, 4) is 0 Å². The van der Waals surface area contributed by atoms with Crippen molar-refractivity contribution in [3.05, 3.63) is 52.4 Å². The van der Waals surface area contributed by atoms with E-state index in [-0.39, 0.29) is 34.1 Å². The van der Waals surface area contributed by atoms with E-state index in [4.69, 9.17) is 30.6 Å². The number of nitrogens with two attached hydrogens (primary N) is 1. The van der Waals surface area contributed by atoms with Crippen molar-refractivity contribution in [2.45, 2.75) is 76.4 Å². The third-order valence-corrected chi connectivity index (χ3v) is 10.7. The number of halogens is 2. The van der Waals surface area contributed by atoms with Gasteiger partial charge in [0.25, 0.3) is 10.1 Å². The SMILES string of the molecule is C=C1[C@H](O)[C@@H](C)[C@@](C)(O)[C@@H]1n1cnc2c(Cl)nc(N)nc21.CC(C)OP(=O)(COS(=O)(=O)c1ccc(Br)cc1)OC(C)C. The molecule has 1 saturated carbocycles. The summed E-state index contributed by atoms with van der Waals surface area (Å²) in [5.41, 5.74) is 5.72. The molecule has 1 aliphatic carbocycles. The van der Waals surface area contributed by atoms with E-state index in [0.717, 1.165) is 4.47 Å². The van der Waals surface area contributed by atoms with Gasteiger partial charge in [0.1, 0.15) is 5.52 Å². The molecule has 17 heteroatoms. The van der Waals surface area contributed by atoms with Crippen molar-refractivity contribution >= 4 is 62.4 Å². The van der Waals surface area contributed by atoms with Gasteiger partial charge in [-0.3, -0.25) is 8.75 Å². The highest BCUT2D eigenvalue weighted by Gasteiger charge is 2.52. The first kappa shape index (κ1) is 35.5. The standard InChI is InChI=1S/C13H20BrO6PS.C13H16ClN5O2/c1-10(2)19-21(15,20-11(3)4)9-18-22(16,17)13-7-5-12(14)6-8-13;1-5-8(20)6(2)13(3,21)9(5)19-4-16-7-10(14)17-12(15)18-11(7)19/h5-8,10-11H,9H2,1-4H3;4,6,8-9,20-21H,1H2,2-3H3,(H2,15,17,18)/t;6-,8+,9-,13-/m.1/s1. The molecule has 0 spiro atoms. The van der Waals surface area contributed by atoms with E-state index in [1.165, 1.54) is 18.5 Å². The molecule has 43 heavy (non-hydrogen) atoms. The van der Waals surface area contributed by atoms with Crippen LogP contribution in [0.3, 0.4) is 0 Å². The predicted octanol–water partition coefficient (Wildman–Crippen LogP) is 5.08. The quantitative estimate of drug-likeness (QED) is 0.115. The molecule has 0 bridgehead atoms. The maximum atomic E-state index is 12.5. The van der Waals surface area contributed by atoms with E-state index in [0.29, 0.717) is 16.7 Å². The molecule has 1 fully saturated rings. The smallest absolute Gasteiger partial charge is 0.358 e. The Bertz CT molecular complexity index is 1600. The number of anilines is 1. The molecule has 1 aromatic carbocycles. The number of aliphatic hydroxyl groups excluding tert-OH is 1. The number of nitrogens with zero attached hydrogens (tertiary/aromatic N) is 4. The first-order valence-corrected chi connectivity index (χ1v) is 17.4. The van der Waals surface area contributed by atoms with Gasteiger partial charge in [-0.2, -0.15) is 18.4 Å². The van der Waals surface area contributed by atoms with Gasteiger partial charge in [0.05, 0.1) is 41.2 Å². The van der Waals surface area contributed by atoms with Crippen molar-refractivity contribution in [3.63, 3.8) is 0 Å². The van der Waals surface area contributed by atoms with Gasteiger partial charge in [-0.1, -0.05) is 41.0 Å². The number of hydrogen-bond acceptors (Lipinski definition) is 12. The summed E-state index contributed by atoms with van der Waals surface area (Å²) in [6.07, 6.45) is -0.745. The highest BCUT2D eigenvalue weighted by molar-refractivity contribution is 9.10. The van der Waals surface area contributed by atoms with Gasteiger partial charge in [0, 0.05) is 10.4 Å². The number of fused-ring (bicyclic) bond motifs is 1. The Morgan fingerprint density at radius 1 is 1.19 bits per heavy atom. The number of nitrogen functional groups attached to an aromatic ring is 1. The van der Waals surface area contributed by atoms with Crippen LogP contribution in [0.5, 0.6) is 0 Å². The monoisotopic (exact) mass is 723 g/mol. The maximum Gasteiger partial charge on any atom is 0.358 e. The average molecular weight is 725 g/mol. The van der Waals surface area contributed by atoms with Gasteiger partial charge in [0.15, 0.2) is 17.1 Å². The topological polar surface area (TPSA) is 189 Å². The second-order valence-electron chi connectivity index (χ2n) is 10.7. The van der Waals surface area contributed by atoms with Crippen LogP contribution < -0.4 is 5.73 Å². The minimum Gasteiger partial charge on any atom is -0.388 e. The van der Waals surface area contributed by atoms with Gasteiger partial charge in [-0.15, -0.1) is 0 Å². The summed E-state index contributed by atoms with van der Waals surface area (Å²) in [4.78, 5) is 12.1. The molecule has 0 amide bonds. The summed E-state index contributed by atoms with van der Waals surface area (Å²) in [5, 5.41) is 21.1. The van der Waals surface area contributed by atoms with Gasteiger partial charge in [-0.25, -0.2) is 4.98 Å². The first-order chi connectivity index (χ1) is 19.8. The Morgan fingerprint density at radius 2 is 1.74 bits per heavy atom. The molecule has 0 aliphatic heterocycles.